The van der Waals surface area contributed by atoms with E-state index >= 15 is 8.78 Å². The van der Waals surface area contributed by atoms with E-state index in [4.69, 9.17) is 0 Å². The SMILES string of the molecule is Cc1nc2[nH]c3c(c2s1)C[C@@H](C)N(CC(F)(F)F)[C@@H]3c1c(F)cc(NC2CN(CCCF)C2)cc1F. The second kappa shape index (κ2) is 9.53. The molecule has 2 N–H and O–H groups in total. The van der Waals surface area contributed by atoms with Crippen molar-refractivity contribution in [1.82, 2.24) is 19.8 Å². The number of anilines is 1. The smallest absolute Gasteiger partial charge is 0.380 e. The van der Waals surface area contributed by atoms with Crippen molar-refractivity contribution in [3.05, 3.63) is 45.6 Å². The first kappa shape index (κ1) is 25.3. The highest BCUT2D eigenvalue weighted by atomic mass is 32.1. The molecule has 1 saturated heterocycles. The molecular formula is C24H27F6N5S. The summed E-state index contributed by atoms with van der Waals surface area (Å²) in [4.78, 5) is 10.6. The van der Waals surface area contributed by atoms with Crippen LogP contribution < -0.4 is 5.32 Å². The number of H-pyrrole nitrogens is 1. The second-order valence-corrected chi connectivity index (χ2v) is 10.9. The Hall–Kier alpha value is -2.31. The first-order valence-electron chi connectivity index (χ1n) is 11.9. The van der Waals surface area contributed by atoms with Crippen molar-refractivity contribution >= 4 is 27.4 Å². The molecule has 0 bridgehead atoms. The zero-order chi connectivity index (χ0) is 25.8. The van der Waals surface area contributed by atoms with Crippen LogP contribution in [0.1, 0.15) is 41.2 Å². The van der Waals surface area contributed by atoms with Crippen molar-refractivity contribution in [3.8, 4) is 0 Å². The zero-order valence-corrected chi connectivity index (χ0v) is 20.7. The van der Waals surface area contributed by atoms with Gasteiger partial charge in [0.15, 0.2) is 0 Å². The monoisotopic (exact) mass is 531 g/mol. The summed E-state index contributed by atoms with van der Waals surface area (Å²) in [5.41, 5.74) is 1.44. The third-order valence-electron chi connectivity index (χ3n) is 6.91. The molecule has 0 radical (unpaired) electrons. The van der Waals surface area contributed by atoms with Gasteiger partial charge in [0.05, 0.1) is 35.0 Å². The van der Waals surface area contributed by atoms with E-state index < -0.39 is 48.7 Å². The number of nitrogens with zero attached hydrogens (tertiary/aromatic N) is 3. The van der Waals surface area contributed by atoms with E-state index in [9.17, 15) is 17.6 Å². The average molecular weight is 532 g/mol. The lowest BCUT2D eigenvalue weighted by Crippen LogP contribution is -2.54. The molecule has 2 aromatic heterocycles. The molecule has 0 saturated carbocycles. The van der Waals surface area contributed by atoms with E-state index in [0.29, 0.717) is 43.8 Å². The molecule has 0 unspecified atom stereocenters. The lowest BCUT2D eigenvalue weighted by molar-refractivity contribution is -0.155. The standard InChI is InChI=1S/C24H27F6N5S/c1-12-6-16-20(33-23-22(16)36-13(2)31-23)21(35(12)11-24(28,29)30)19-17(26)7-14(8-18(19)27)32-15-9-34(10-15)5-3-4-25/h7-8,12,15,21,32-33H,3-6,9-11H2,1-2H3/t12-,21-/m1/s1. The fourth-order valence-corrected chi connectivity index (χ4v) is 6.31. The molecule has 1 aromatic carbocycles. The van der Waals surface area contributed by atoms with Gasteiger partial charge in [0.2, 0.25) is 0 Å². The Balaban J connectivity index is 1.49. The third-order valence-corrected chi connectivity index (χ3v) is 7.94. The maximum absolute atomic E-state index is 15.5. The molecular weight excluding hydrogens is 504 g/mol. The van der Waals surface area contributed by atoms with Gasteiger partial charge < -0.3 is 10.3 Å². The lowest BCUT2D eigenvalue weighted by atomic mass is 9.89. The summed E-state index contributed by atoms with van der Waals surface area (Å²) in [6.07, 6.45) is -3.80. The summed E-state index contributed by atoms with van der Waals surface area (Å²) < 4.78 is 84.8. The van der Waals surface area contributed by atoms with Crippen molar-refractivity contribution in [2.45, 2.75) is 51.0 Å². The normalized spacial score (nSPS) is 21.7. The Bertz CT molecular complexity index is 1220. The van der Waals surface area contributed by atoms with Crippen molar-refractivity contribution in [3.63, 3.8) is 0 Å². The van der Waals surface area contributed by atoms with Crippen LogP contribution in [0.15, 0.2) is 12.1 Å². The fourth-order valence-electron chi connectivity index (χ4n) is 5.37. The molecule has 0 amide bonds. The van der Waals surface area contributed by atoms with Gasteiger partial charge >= 0.3 is 6.18 Å². The second-order valence-electron chi connectivity index (χ2n) is 9.67. The van der Waals surface area contributed by atoms with E-state index in [-0.39, 0.29) is 11.7 Å². The molecule has 5 rings (SSSR count). The van der Waals surface area contributed by atoms with Crippen LogP contribution >= 0.6 is 11.3 Å². The number of hydrogen-bond acceptors (Lipinski definition) is 5. The van der Waals surface area contributed by atoms with Crippen LogP contribution in [0.2, 0.25) is 0 Å². The summed E-state index contributed by atoms with van der Waals surface area (Å²) in [5, 5.41) is 3.87. The summed E-state index contributed by atoms with van der Waals surface area (Å²) in [7, 11) is 0. The first-order chi connectivity index (χ1) is 17.0. The maximum atomic E-state index is 15.5. The topological polar surface area (TPSA) is 47.2 Å². The lowest BCUT2D eigenvalue weighted by Gasteiger charge is -2.41. The summed E-state index contributed by atoms with van der Waals surface area (Å²) in [6, 6.07) is 0.359. The number of aryl methyl sites for hydroxylation is 1. The van der Waals surface area contributed by atoms with Crippen LogP contribution in [0, 0.1) is 18.6 Å². The van der Waals surface area contributed by atoms with Gasteiger partial charge in [-0.25, -0.2) is 13.8 Å². The van der Waals surface area contributed by atoms with Gasteiger partial charge in [0, 0.05) is 42.6 Å². The molecule has 196 valence electrons. The zero-order valence-electron chi connectivity index (χ0n) is 19.9. The number of thiazole rings is 1. The Labute approximate surface area is 208 Å². The third kappa shape index (κ3) is 4.82. The highest BCUT2D eigenvalue weighted by Gasteiger charge is 2.44. The van der Waals surface area contributed by atoms with Crippen LogP contribution in [0.25, 0.3) is 10.3 Å². The molecule has 0 spiro atoms. The maximum Gasteiger partial charge on any atom is 0.401 e. The minimum atomic E-state index is -4.55. The van der Waals surface area contributed by atoms with Crippen LogP contribution in [0.4, 0.5) is 32.0 Å². The van der Waals surface area contributed by atoms with Gasteiger partial charge in [0.25, 0.3) is 0 Å². The number of benzene rings is 1. The molecule has 12 heteroatoms. The number of fused-ring (bicyclic) bond motifs is 3. The number of halogens is 6. The van der Waals surface area contributed by atoms with Gasteiger partial charge in [-0.3, -0.25) is 14.2 Å². The minimum Gasteiger partial charge on any atom is -0.380 e. The predicted molar refractivity (Wildman–Crippen MR) is 127 cm³/mol. The van der Waals surface area contributed by atoms with E-state index in [1.165, 1.54) is 11.3 Å². The van der Waals surface area contributed by atoms with Gasteiger partial charge in [-0.1, -0.05) is 0 Å². The molecule has 1 fully saturated rings. The first-order valence-corrected chi connectivity index (χ1v) is 12.7. The Morgan fingerprint density at radius 1 is 1.19 bits per heavy atom. The summed E-state index contributed by atoms with van der Waals surface area (Å²) in [6.45, 7) is 3.65. The van der Waals surface area contributed by atoms with Gasteiger partial charge in [-0.05, 0) is 44.4 Å². The van der Waals surface area contributed by atoms with Crippen molar-refractivity contribution < 1.29 is 26.3 Å². The molecule has 4 heterocycles. The number of rotatable bonds is 7. The van der Waals surface area contributed by atoms with E-state index in [0.717, 1.165) is 32.3 Å². The molecule has 2 atom stereocenters. The molecule has 36 heavy (non-hydrogen) atoms. The molecule has 2 aliphatic rings. The van der Waals surface area contributed by atoms with Crippen molar-refractivity contribution in [2.24, 2.45) is 0 Å². The number of nitrogens with one attached hydrogen (secondary N) is 2. The van der Waals surface area contributed by atoms with E-state index in [1.807, 2.05) is 11.8 Å². The number of aromatic amines is 1. The highest BCUT2D eigenvalue weighted by molar-refractivity contribution is 7.18. The average Bonchev–Trinajstić information content (AvgIpc) is 3.26. The van der Waals surface area contributed by atoms with Gasteiger partial charge in [-0.15, -0.1) is 11.3 Å². The summed E-state index contributed by atoms with van der Waals surface area (Å²) >= 11 is 1.41. The van der Waals surface area contributed by atoms with E-state index in [2.05, 4.69) is 15.3 Å². The van der Waals surface area contributed by atoms with Crippen LogP contribution in [-0.2, 0) is 6.42 Å². The Morgan fingerprint density at radius 3 is 2.53 bits per heavy atom. The highest BCUT2D eigenvalue weighted by Crippen LogP contribution is 2.45. The largest absolute Gasteiger partial charge is 0.401 e. The van der Waals surface area contributed by atoms with Crippen LogP contribution in [-0.4, -0.2) is 70.9 Å². The number of alkyl halides is 4. The molecule has 3 aromatic rings. The number of likely N-dealkylation sites (tertiary alicyclic amines) is 1. The predicted octanol–water partition coefficient (Wildman–Crippen LogP) is 5.57. The molecule has 0 aliphatic carbocycles. The Morgan fingerprint density at radius 2 is 1.89 bits per heavy atom. The van der Waals surface area contributed by atoms with E-state index in [1.54, 1.807) is 6.92 Å². The quantitative estimate of drug-likeness (QED) is 0.392. The number of aromatic nitrogens is 2. The molecule has 5 nitrogen and oxygen atoms in total. The summed E-state index contributed by atoms with van der Waals surface area (Å²) in [5.74, 6) is -1.82. The Kier molecular flexibility index (Phi) is 6.71. The van der Waals surface area contributed by atoms with Crippen molar-refractivity contribution in [1.29, 1.82) is 0 Å². The number of hydrogen-bond donors (Lipinski definition) is 2. The molecule has 2 aliphatic heterocycles. The van der Waals surface area contributed by atoms with Gasteiger partial charge in [0.1, 0.15) is 17.3 Å². The minimum absolute atomic E-state index is 0.0400. The van der Waals surface area contributed by atoms with Crippen molar-refractivity contribution in [2.75, 3.05) is 38.2 Å². The van der Waals surface area contributed by atoms with Crippen LogP contribution in [0.3, 0.4) is 0 Å². The fraction of sp³-hybridized carbons (Fsp3) is 0.542. The van der Waals surface area contributed by atoms with Gasteiger partial charge in [-0.2, -0.15) is 13.2 Å². The van der Waals surface area contributed by atoms with Crippen LogP contribution in [0.5, 0.6) is 0 Å².